The maximum atomic E-state index is 12.8. The highest BCUT2D eigenvalue weighted by Gasteiger charge is 2.31. The number of aromatic nitrogens is 1. The molecule has 146 valence electrons. The van der Waals surface area contributed by atoms with Crippen LogP contribution in [0.15, 0.2) is 30.5 Å². The van der Waals surface area contributed by atoms with E-state index in [9.17, 15) is 18.0 Å². The van der Waals surface area contributed by atoms with Crippen molar-refractivity contribution < 1.29 is 18.0 Å². The first-order valence-corrected chi connectivity index (χ1v) is 9.72. The Hall–Kier alpha value is -1.93. The van der Waals surface area contributed by atoms with Crippen molar-refractivity contribution in [2.75, 3.05) is 19.6 Å². The van der Waals surface area contributed by atoms with Gasteiger partial charge in [-0.1, -0.05) is 6.07 Å². The molecule has 2 heterocycles. The maximum absolute atomic E-state index is 12.8. The van der Waals surface area contributed by atoms with Gasteiger partial charge in [0.05, 0.1) is 10.6 Å². The van der Waals surface area contributed by atoms with Gasteiger partial charge in [-0.05, 0) is 50.4 Å². The minimum Gasteiger partial charge on any atom is -0.352 e. The van der Waals surface area contributed by atoms with Gasteiger partial charge in [-0.15, -0.1) is 11.3 Å². The zero-order valence-corrected chi connectivity index (χ0v) is 15.9. The zero-order valence-electron chi connectivity index (χ0n) is 15.1. The smallest absolute Gasteiger partial charge is 0.352 e. The van der Waals surface area contributed by atoms with Crippen LogP contribution in [0.5, 0.6) is 0 Å². The van der Waals surface area contributed by atoms with Crippen LogP contribution in [0.1, 0.15) is 38.6 Å². The van der Waals surface area contributed by atoms with Gasteiger partial charge < -0.3 is 5.32 Å². The maximum Gasteiger partial charge on any atom is 0.416 e. The van der Waals surface area contributed by atoms with Gasteiger partial charge >= 0.3 is 6.18 Å². The molecule has 1 saturated heterocycles. The molecule has 0 aliphatic carbocycles. The van der Waals surface area contributed by atoms with E-state index >= 15 is 0 Å². The quantitative estimate of drug-likeness (QED) is 0.826. The second-order valence-electron chi connectivity index (χ2n) is 6.88. The number of rotatable bonds is 5. The van der Waals surface area contributed by atoms with Gasteiger partial charge in [0.2, 0.25) is 0 Å². The largest absolute Gasteiger partial charge is 0.416 e. The summed E-state index contributed by atoms with van der Waals surface area (Å²) in [4.78, 5) is 20.1. The fourth-order valence-corrected chi connectivity index (χ4v) is 4.17. The molecule has 0 bridgehead atoms. The molecule has 1 unspecified atom stereocenters. The fraction of sp³-hybridized carbons (Fsp3) is 0.474. The summed E-state index contributed by atoms with van der Waals surface area (Å²) >= 11 is 1.69. The molecular formula is C19H22F3N3OS. The molecule has 0 radical (unpaired) electrons. The third kappa shape index (κ3) is 5.52. The van der Waals surface area contributed by atoms with Gasteiger partial charge in [-0.3, -0.25) is 9.69 Å². The number of thiazole rings is 1. The molecule has 1 aromatic carbocycles. The van der Waals surface area contributed by atoms with Crippen LogP contribution in [0, 0.1) is 12.8 Å². The first-order valence-electron chi connectivity index (χ1n) is 8.90. The molecule has 1 amide bonds. The van der Waals surface area contributed by atoms with Gasteiger partial charge in [0, 0.05) is 36.3 Å². The molecule has 1 fully saturated rings. The number of hydrogen-bond acceptors (Lipinski definition) is 4. The summed E-state index contributed by atoms with van der Waals surface area (Å²) in [5.41, 5.74) is -0.767. The van der Waals surface area contributed by atoms with E-state index in [-0.39, 0.29) is 5.56 Å². The van der Waals surface area contributed by atoms with Gasteiger partial charge in [0.25, 0.3) is 5.91 Å². The lowest BCUT2D eigenvalue weighted by molar-refractivity contribution is -0.137. The topological polar surface area (TPSA) is 45.2 Å². The van der Waals surface area contributed by atoms with E-state index in [1.165, 1.54) is 17.0 Å². The van der Waals surface area contributed by atoms with Crippen LogP contribution in [0.25, 0.3) is 0 Å². The summed E-state index contributed by atoms with van der Waals surface area (Å²) in [6.07, 6.45) is -0.503. The van der Waals surface area contributed by atoms with Crippen LogP contribution in [0.2, 0.25) is 0 Å². The number of alkyl halides is 3. The molecule has 1 atom stereocenters. The van der Waals surface area contributed by atoms with Crippen LogP contribution in [-0.2, 0) is 12.7 Å². The minimum absolute atomic E-state index is 0.0395. The lowest BCUT2D eigenvalue weighted by Crippen LogP contribution is -2.40. The third-order valence-electron chi connectivity index (χ3n) is 4.66. The predicted molar refractivity (Wildman–Crippen MR) is 98.6 cm³/mol. The molecule has 1 aliphatic heterocycles. The molecular weight excluding hydrogens is 375 g/mol. The van der Waals surface area contributed by atoms with Crippen molar-refractivity contribution in [1.82, 2.24) is 15.2 Å². The summed E-state index contributed by atoms with van der Waals surface area (Å²) in [7, 11) is 0. The minimum atomic E-state index is -4.45. The van der Waals surface area contributed by atoms with Crippen LogP contribution in [0.3, 0.4) is 0 Å². The number of amides is 1. The van der Waals surface area contributed by atoms with E-state index in [1.54, 1.807) is 11.3 Å². The Morgan fingerprint density at radius 2 is 2.22 bits per heavy atom. The highest BCUT2D eigenvalue weighted by molar-refractivity contribution is 7.11. The molecule has 1 aromatic heterocycles. The van der Waals surface area contributed by atoms with E-state index in [0.29, 0.717) is 12.5 Å². The second-order valence-corrected chi connectivity index (χ2v) is 8.20. The number of carbonyl (C=O) groups is 1. The van der Waals surface area contributed by atoms with Crippen molar-refractivity contribution in [2.24, 2.45) is 5.92 Å². The van der Waals surface area contributed by atoms with Crippen molar-refractivity contribution in [3.8, 4) is 0 Å². The third-order valence-corrected chi connectivity index (χ3v) is 5.55. The second kappa shape index (κ2) is 8.39. The summed E-state index contributed by atoms with van der Waals surface area (Å²) in [5, 5.41) is 3.84. The Bertz CT molecular complexity index is 791. The van der Waals surface area contributed by atoms with Crippen molar-refractivity contribution >= 4 is 17.2 Å². The van der Waals surface area contributed by atoms with E-state index < -0.39 is 17.6 Å². The first kappa shape index (κ1) is 19.8. The predicted octanol–water partition coefficient (Wildman–Crippen LogP) is 4.11. The molecule has 27 heavy (non-hydrogen) atoms. The lowest BCUT2D eigenvalue weighted by atomic mass is 9.97. The number of halogens is 3. The number of aryl methyl sites for hydroxylation is 1. The standard InChI is InChI=1S/C19H22F3N3OS/c1-13-23-10-17(27-13)12-25-7-3-4-14(11-25)9-24-18(26)15-5-2-6-16(8-15)19(20,21)22/h2,5-6,8,10,14H,3-4,7,9,11-12H2,1H3,(H,24,26). The zero-order chi connectivity index (χ0) is 19.4. The number of nitrogens with one attached hydrogen (secondary N) is 1. The summed E-state index contributed by atoms with van der Waals surface area (Å²) < 4.78 is 38.4. The molecule has 8 heteroatoms. The van der Waals surface area contributed by atoms with Crippen LogP contribution in [0.4, 0.5) is 13.2 Å². The Morgan fingerprint density at radius 3 is 2.93 bits per heavy atom. The average molecular weight is 397 g/mol. The highest BCUT2D eigenvalue weighted by Crippen LogP contribution is 2.29. The van der Waals surface area contributed by atoms with E-state index in [4.69, 9.17) is 0 Å². The van der Waals surface area contributed by atoms with Gasteiger partial charge in [-0.2, -0.15) is 13.2 Å². The molecule has 4 nitrogen and oxygen atoms in total. The van der Waals surface area contributed by atoms with Crippen molar-refractivity contribution in [1.29, 1.82) is 0 Å². The molecule has 0 saturated carbocycles. The number of piperidine rings is 1. The molecule has 2 aromatic rings. The van der Waals surface area contributed by atoms with Crippen LogP contribution < -0.4 is 5.32 Å². The number of likely N-dealkylation sites (tertiary alicyclic amines) is 1. The van der Waals surface area contributed by atoms with Crippen molar-refractivity contribution in [3.05, 3.63) is 51.5 Å². The number of nitrogens with zero attached hydrogens (tertiary/aromatic N) is 2. The first-order chi connectivity index (χ1) is 12.8. The molecule has 0 spiro atoms. The molecule has 3 rings (SSSR count). The number of hydrogen-bond donors (Lipinski definition) is 1. The molecule has 1 aliphatic rings. The highest BCUT2D eigenvalue weighted by atomic mass is 32.1. The Balaban J connectivity index is 1.52. The lowest BCUT2D eigenvalue weighted by Gasteiger charge is -2.32. The van der Waals surface area contributed by atoms with E-state index in [0.717, 1.165) is 49.6 Å². The summed E-state index contributed by atoms with van der Waals surface area (Å²) in [6, 6.07) is 4.53. The van der Waals surface area contributed by atoms with Gasteiger partial charge in [0.1, 0.15) is 0 Å². The molecule has 1 N–H and O–H groups in total. The Labute approximate surface area is 160 Å². The van der Waals surface area contributed by atoms with E-state index in [2.05, 4.69) is 15.2 Å². The SMILES string of the molecule is Cc1ncc(CN2CCCC(CNC(=O)c3cccc(C(F)(F)F)c3)C2)s1. The van der Waals surface area contributed by atoms with Crippen molar-refractivity contribution in [3.63, 3.8) is 0 Å². The van der Waals surface area contributed by atoms with Crippen LogP contribution >= 0.6 is 11.3 Å². The van der Waals surface area contributed by atoms with Crippen molar-refractivity contribution in [2.45, 2.75) is 32.5 Å². The van der Waals surface area contributed by atoms with Crippen LogP contribution in [-0.4, -0.2) is 35.4 Å². The van der Waals surface area contributed by atoms with Gasteiger partial charge in [0.15, 0.2) is 0 Å². The normalized spacial score (nSPS) is 18.4. The van der Waals surface area contributed by atoms with Gasteiger partial charge in [-0.25, -0.2) is 4.98 Å². The Kier molecular flexibility index (Phi) is 6.16. The summed E-state index contributed by atoms with van der Waals surface area (Å²) in [5.74, 6) is -0.168. The fourth-order valence-electron chi connectivity index (χ4n) is 3.34. The average Bonchev–Trinajstić information content (AvgIpc) is 3.04. The number of benzene rings is 1. The Morgan fingerprint density at radius 1 is 1.41 bits per heavy atom. The van der Waals surface area contributed by atoms with E-state index in [1.807, 2.05) is 13.1 Å². The summed E-state index contributed by atoms with van der Waals surface area (Å²) in [6.45, 7) is 5.17. The monoisotopic (exact) mass is 397 g/mol. The number of carbonyl (C=O) groups excluding carboxylic acids is 1.